The van der Waals surface area contributed by atoms with E-state index in [1.807, 2.05) is 35.3 Å². The molecule has 0 aromatic carbocycles. The van der Waals surface area contributed by atoms with Crippen molar-refractivity contribution >= 4 is 22.7 Å². The highest BCUT2D eigenvalue weighted by Crippen LogP contribution is 2.24. The van der Waals surface area contributed by atoms with Crippen LogP contribution >= 0.6 is 0 Å². The number of aromatic nitrogens is 6. The van der Waals surface area contributed by atoms with Crippen molar-refractivity contribution in [2.45, 2.75) is 39.2 Å². The molecule has 5 rings (SSSR count). The number of ether oxygens (including phenoxy) is 1. The first-order valence-electron chi connectivity index (χ1n) is 12.3. The van der Waals surface area contributed by atoms with Gasteiger partial charge in [-0.25, -0.2) is 4.98 Å². The average molecular weight is 473 g/mol. The molecule has 1 fully saturated rings. The standard InChI is InChI=1S/C26H32N8O/c1-19(2)20-14-26(32-28-16-20)31-25-6-5-23-24(30-25)13-21(15-27-23)22-17-29-34(18-22)9-3-7-33-8-4-11-35-12-10-33/h5-6,13-19H,3-4,7-12H2,1-2H3,(H,30,31,32). The summed E-state index contributed by atoms with van der Waals surface area (Å²) in [6.07, 6.45) is 9.84. The highest BCUT2D eigenvalue weighted by atomic mass is 16.5. The smallest absolute Gasteiger partial charge is 0.154 e. The van der Waals surface area contributed by atoms with Gasteiger partial charge in [-0.3, -0.25) is 9.67 Å². The van der Waals surface area contributed by atoms with Crippen LogP contribution in [0.5, 0.6) is 0 Å². The van der Waals surface area contributed by atoms with Crippen molar-refractivity contribution in [1.29, 1.82) is 0 Å². The highest BCUT2D eigenvalue weighted by Gasteiger charge is 2.10. The van der Waals surface area contributed by atoms with Crippen molar-refractivity contribution in [3.05, 3.63) is 54.6 Å². The van der Waals surface area contributed by atoms with E-state index in [2.05, 4.69) is 56.6 Å². The first-order valence-corrected chi connectivity index (χ1v) is 12.3. The highest BCUT2D eigenvalue weighted by molar-refractivity contribution is 5.81. The van der Waals surface area contributed by atoms with E-state index in [0.29, 0.717) is 17.6 Å². The van der Waals surface area contributed by atoms with Crippen LogP contribution in [-0.2, 0) is 11.3 Å². The Morgan fingerprint density at radius 1 is 0.971 bits per heavy atom. The first-order chi connectivity index (χ1) is 17.1. The summed E-state index contributed by atoms with van der Waals surface area (Å²) in [4.78, 5) is 11.9. The molecule has 0 spiro atoms. The fourth-order valence-corrected chi connectivity index (χ4v) is 4.24. The largest absolute Gasteiger partial charge is 0.380 e. The zero-order valence-corrected chi connectivity index (χ0v) is 20.4. The maximum Gasteiger partial charge on any atom is 0.154 e. The summed E-state index contributed by atoms with van der Waals surface area (Å²) in [5.41, 5.74) is 4.83. The summed E-state index contributed by atoms with van der Waals surface area (Å²) in [5.74, 6) is 1.77. The van der Waals surface area contributed by atoms with Crippen molar-refractivity contribution in [2.75, 3.05) is 38.2 Å². The van der Waals surface area contributed by atoms with Gasteiger partial charge in [-0.15, -0.1) is 5.10 Å². The number of nitrogens with zero attached hydrogens (tertiary/aromatic N) is 7. The molecule has 4 aromatic heterocycles. The molecule has 0 radical (unpaired) electrons. The van der Waals surface area contributed by atoms with Crippen LogP contribution in [0.1, 0.15) is 38.2 Å². The van der Waals surface area contributed by atoms with E-state index in [1.165, 1.54) is 0 Å². The summed E-state index contributed by atoms with van der Waals surface area (Å²) in [6.45, 7) is 10.1. The normalized spacial score (nSPS) is 14.9. The third kappa shape index (κ3) is 5.98. The lowest BCUT2D eigenvalue weighted by atomic mass is 10.1. The minimum atomic E-state index is 0.382. The Kier molecular flexibility index (Phi) is 7.25. The van der Waals surface area contributed by atoms with Gasteiger partial charge in [0.05, 0.1) is 30.0 Å². The van der Waals surface area contributed by atoms with Gasteiger partial charge in [0.25, 0.3) is 0 Å². The summed E-state index contributed by atoms with van der Waals surface area (Å²) >= 11 is 0. The molecule has 182 valence electrons. The lowest BCUT2D eigenvalue weighted by Gasteiger charge is -2.18. The van der Waals surface area contributed by atoms with Crippen LogP contribution < -0.4 is 5.32 Å². The molecular formula is C26H32N8O. The van der Waals surface area contributed by atoms with E-state index in [9.17, 15) is 0 Å². The molecule has 35 heavy (non-hydrogen) atoms. The fraction of sp³-hybridized carbons (Fsp3) is 0.423. The second-order valence-corrected chi connectivity index (χ2v) is 9.27. The second kappa shape index (κ2) is 10.9. The number of nitrogens with one attached hydrogen (secondary N) is 1. The van der Waals surface area contributed by atoms with Crippen molar-refractivity contribution in [2.24, 2.45) is 0 Å². The monoisotopic (exact) mass is 472 g/mol. The van der Waals surface area contributed by atoms with Crippen molar-refractivity contribution < 1.29 is 4.74 Å². The second-order valence-electron chi connectivity index (χ2n) is 9.27. The van der Waals surface area contributed by atoms with E-state index in [4.69, 9.17) is 9.72 Å². The van der Waals surface area contributed by atoms with Gasteiger partial charge in [0.15, 0.2) is 5.82 Å². The van der Waals surface area contributed by atoms with Crippen molar-refractivity contribution in [3.8, 4) is 11.1 Å². The summed E-state index contributed by atoms with van der Waals surface area (Å²) in [7, 11) is 0. The molecule has 1 aliphatic heterocycles. The third-order valence-electron chi connectivity index (χ3n) is 6.28. The van der Waals surface area contributed by atoms with E-state index in [0.717, 1.165) is 80.0 Å². The maximum absolute atomic E-state index is 5.54. The van der Waals surface area contributed by atoms with E-state index in [1.54, 1.807) is 6.20 Å². The van der Waals surface area contributed by atoms with Gasteiger partial charge in [-0.2, -0.15) is 10.2 Å². The van der Waals surface area contributed by atoms with Gasteiger partial charge in [-0.1, -0.05) is 13.8 Å². The lowest BCUT2D eigenvalue weighted by molar-refractivity contribution is 0.141. The Bertz CT molecular complexity index is 1260. The molecule has 0 saturated carbocycles. The minimum absolute atomic E-state index is 0.382. The maximum atomic E-state index is 5.54. The number of hydrogen-bond acceptors (Lipinski definition) is 8. The van der Waals surface area contributed by atoms with Gasteiger partial charge in [0.1, 0.15) is 5.82 Å². The number of pyridine rings is 2. The van der Waals surface area contributed by atoms with Crippen LogP contribution in [0.4, 0.5) is 11.6 Å². The summed E-state index contributed by atoms with van der Waals surface area (Å²) in [6, 6.07) is 7.94. The van der Waals surface area contributed by atoms with Crippen LogP contribution in [-0.4, -0.2) is 67.7 Å². The molecule has 1 saturated heterocycles. The van der Waals surface area contributed by atoms with Gasteiger partial charge >= 0.3 is 0 Å². The summed E-state index contributed by atoms with van der Waals surface area (Å²) in [5, 5.41) is 16.1. The Balaban J connectivity index is 1.26. The predicted octanol–water partition coefficient (Wildman–Crippen LogP) is 4.26. The molecule has 9 heteroatoms. The number of hydrogen-bond donors (Lipinski definition) is 1. The van der Waals surface area contributed by atoms with Gasteiger partial charge < -0.3 is 15.0 Å². The molecule has 4 aromatic rings. The zero-order valence-electron chi connectivity index (χ0n) is 20.4. The number of fused-ring (bicyclic) bond motifs is 1. The Morgan fingerprint density at radius 3 is 2.83 bits per heavy atom. The molecule has 0 bridgehead atoms. The van der Waals surface area contributed by atoms with E-state index >= 15 is 0 Å². The van der Waals surface area contributed by atoms with Crippen LogP contribution in [0.25, 0.3) is 22.2 Å². The van der Waals surface area contributed by atoms with Crippen LogP contribution in [0.2, 0.25) is 0 Å². The van der Waals surface area contributed by atoms with Gasteiger partial charge in [-0.05, 0) is 55.1 Å². The van der Waals surface area contributed by atoms with Crippen molar-refractivity contribution in [3.63, 3.8) is 0 Å². The van der Waals surface area contributed by atoms with E-state index in [-0.39, 0.29) is 0 Å². The van der Waals surface area contributed by atoms with Crippen LogP contribution in [0.15, 0.2) is 49.1 Å². The van der Waals surface area contributed by atoms with E-state index < -0.39 is 0 Å². The molecule has 0 aliphatic carbocycles. The zero-order chi connectivity index (χ0) is 24.0. The topological polar surface area (TPSA) is 93.9 Å². The quantitative estimate of drug-likeness (QED) is 0.407. The van der Waals surface area contributed by atoms with Crippen molar-refractivity contribution in [1.82, 2.24) is 34.8 Å². The SMILES string of the molecule is CC(C)c1cnnc(Nc2ccc3ncc(-c4cnn(CCCN5CCCOCC5)c4)cc3n2)c1. The molecule has 0 atom stereocenters. The Labute approximate surface area is 205 Å². The van der Waals surface area contributed by atoms with Gasteiger partial charge in [0.2, 0.25) is 0 Å². The molecule has 5 heterocycles. The lowest BCUT2D eigenvalue weighted by Crippen LogP contribution is -2.28. The van der Waals surface area contributed by atoms with Gasteiger partial charge in [0, 0.05) is 49.8 Å². The minimum Gasteiger partial charge on any atom is -0.380 e. The number of anilines is 2. The van der Waals surface area contributed by atoms with Crippen LogP contribution in [0.3, 0.4) is 0 Å². The molecule has 1 N–H and O–H groups in total. The molecule has 0 unspecified atom stereocenters. The molecule has 0 amide bonds. The Morgan fingerprint density at radius 2 is 1.91 bits per heavy atom. The fourth-order valence-electron chi connectivity index (χ4n) is 4.24. The molecule has 1 aliphatic rings. The first kappa shape index (κ1) is 23.3. The number of rotatable bonds is 8. The summed E-state index contributed by atoms with van der Waals surface area (Å²) < 4.78 is 7.56. The number of aryl methyl sites for hydroxylation is 1. The Hall–Kier alpha value is -3.43. The van der Waals surface area contributed by atoms with Crippen LogP contribution in [0, 0.1) is 0 Å². The average Bonchev–Trinajstić information content (AvgIpc) is 3.19. The third-order valence-corrected chi connectivity index (χ3v) is 6.28. The molecule has 9 nitrogen and oxygen atoms in total. The predicted molar refractivity (Wildman–Crippen MR) is 137 cm³/mol. The molecular weight excluding hydrogens is 440 g/mol.